The van der Waals surface area contributed by atoms with Crippen LogP contribution in [0.15, 0.2) is 24.3 Å². The summed E-state index contributed by atoms with van der Waals surface area (Å²) in [6, 6.07) is 6.38. The second kappa shape index (κ2) is 7.48. The summed E-state index contributed by atoms with van der Waals surface area (Å²) in [5, 5.41) is 16.5. The maximum absolute atomic E-state index is 11.6. The summed E-state index contributed by atoms with van der Waals surface area (Å²) in [6.07, 6.45) is 0.392. The van der Waals surface area contributed by atoms with Crippen LogP contribution in [0.1, 0.15) is 25.8 Å². The predicted octanol–water partition coefficient (Wildman–Crippen LogP) is 1.60. The Bertz CT molecular complexity index is 449. The van der Waals surface area contributed by atoms with Gasteiger partial charge in [-0.1, -0.05) is 19.1 Å². The molecule has 0 aliphatic carbocycles. The Morgan fingerprint density at radius 2 is 2.21 bits per heavy atom. The molecule has 6 nitrogen and oxygen atoms in total. The Labute approximate surface area is 112 Å². The fourth-order valence-corrected chi connectivity index (χ4v) is 1.75. The van der Waals surface area contributed by atoms with Crippen LogP contribution in [0.2, 0.25) is 0 Å². The van der Waals surface area contributed by atoms with Crippen molar-refractivity contribution in [2.45, 2.75) is 32.9 Å². The number of non-ortho nitro benzene ring substituents is 1. The number of carbonyl (C=O) groups is 1. The van der Waals surface area contributed by atoms with E-state index in [0.717, 1.165) is 12.1 Å². The molecule has 1 aromatic carbocycles. The second-order valence-corrected chi connectivity index (χ2v) is 4.37. The molecule has 19 heavy (non-hydrogen) atoms. The van der Waals surface area contributed by atoms with Crippen LogP contribution in [0, 0.1) is 10.1 Å². The van der Waals surface area contributed by atoms with Crippen molar-refractivity contribution in [2.24, 2.45) is 0 Å². The smallest absolute Gasteiger partial charge is 0.269 e. The van der Waals surface area contributed by atoms with Crippen LogP contribution in [0.4, 0.5) is 5.69 Å². The molecule has 0 heterocycles. The molecule has 1 aromatic rings. The van der Waals surface area contributed by atoms with Gasteiger partial charge >= 0.3 is 0 Å². The quantitative estimate of drug-likeness (QED) is 0.579. The SMILES string of the molecule is CCNC(C)CC(=O)NCc1cccc([N+](=O)[O-])c1. The Hall–Kier alpha value is -1.95. The van der Waals surface area contributed by atoms with E-state index in [9.17, 15) is 14.9 Å². The number of benzene rings is 1. The number of nitrogens with zero attached hydrogens (tertiary/aromatic N) is 1. The van der Waals surface area contributed by atoms with Gasteiger partial charge in [0.15, 0.2) is 0 Å². The molecule has 0 saturated heterocycles. The summed E-state index contributed by atoms with van der Waals surface area (Å²) < 4.78 is 0. The largest absolute Gasteiger partial charge is 0.352 e. The Morgan fingerprint density at radius 1 is 1.47 bits per heavy atom. The molecule has 104 valence electrons. The highest BCUT2D eigenvalue weighted by Crippen LogP contribution is 2.12. The maximum atomic E-state index is 11.6. The Kier molecular flexibility index (Phi) is 5.95. The van der Waals surface area contributed by atoms with Crippen molar-refractivity contribution in [3.63, 3.8) is 0 Å². The van der Waals surface area contributed by atoms with E-state index in [0.29, 0.717) is 13.0 Å². The third-order valence-corrected chi connectivity index (χ3v) is 2.66. The van der Waals surface area contributed by atoms with Gasteiger partial charge in [0.2, 0.25) is 5.91 Å². The first kappa shape index (κ1) is 15.1. The molecule has 1 atom stereocenters. The van der Waals surface area contributed by atoms with Gasteiger partial charge in [0, 0.05) is 31.1 Å². The molecule has 0 bridgehead atoms. The number of hydrogen-bond donors (Lipinski definition) is 2. The van der Waals surface area contributed by atoms with Gasteiger partial charge in [0.1, 0.15) is 0 Å². The fraction of sp³-hybridized carbons (Fsp3) is 0.462. The number of nitro benzene ring substituents is 1. The van der Waals surface area contributed by atoms with Gasteiger partial charge < -0.3 is 10.6 Å². The number of nitro groups is 1. The van der Waals surface area contributed by atoms with Crippen molar-refractivity contribution in [1.82, 2.24) is 10.6 Å². The van der Waals surface area contributed by atoms with Crippen LogP contribution in [-0.2, 0) is 11.3 Å². The Morgan fingerprint density at radius 3 is 2.84 bits per heavy atom. The van der Waals surface area contributed by atoms with E-state index in [2.05, 4.69) is 10.6 Å². The molecule has 1 amide bonds. The van der Waals surface area contributed by atoms with Gasteiger partial charge in [-0.15, -0.1) is 0 Å². The van der Waals surface area contributed by atoms with Crippen LogP contribution in [0.25, 0.3) is 0 Å². The summed E-state index contributed by atoms with van der Waals surface area (Å²) in [5.41, 5.74) is 0.756. The zero-order valence-corrected chi connectivity index (χ0v) is 11.2. The standard InChI is InChI=1S/C13H19N3O3/c1-3-14-10(2)7-13(17)15-9-11-5-4-6-12(8-11)16(18)19/h4-6,8,10,14H,3,7,9H2,1-2H3,(H,15,17). The molecular formula is C13H19N3O3. The molecule has 6 heteroatoms. The molecule has 0 aromatic heterocycles. The van der Waals surface area contributed by atoms with Crippen LogP contribution < -0.4 is 10.6 Å². The van der Waals surface area contributed by atoms with Gasteiger partial charge in [-0.05, 0) is 19.0 Å². The highest BCUT2D eigenvalue weighted by atomic mass is 16.6. The molecule has 0 radical (unpaired) electrons. The summed E-state index contributed by atoms with van der Waals surface area (Å²) in [6.45, 7) is 5.05. The van der Waals surface area contributed by atoms with E-state index in [1.165, 1.54) is 12.1 Å². The lowest BCUT2D eigenvalue weighted by molar-refractivity contribution is -0.384. The van der Waals surface area contributed by atoms with E-state index in [1.54, 1.807) is 12.1 Å². The molecule has 0 saturated carbocycles. The lowest BCUT2D eigenvalue weighted by atomic mass is 10.2. The van der Waals surface area contributed by atoms with E-state index >= 15 is 0 Å². The number of rotatable bonds is 7. The summed E-state index contributed by atoms with van der Waals surface area (Å²) in [5.74, 6) is -0.0695. The first-order chi connectivity index (χ1) is 9.02. The van der Waals surface area contributed by atoms with Crippen LogP contribution in [0.3, 0.4) is 0 Å². The van der Waals surface area contributed by atoms with Gasteiger partial charge in [-0.25, -0.2) is 0 Å². The van der Waals surface area contributed by atoms with E-state index in [1.807, 2.05) is 13.8 Å². The molecular weight excluding hydrogens is 246 g/mol. The van der Waals surface area contributed by atoms with Crippen LogP contribution in [-0.4, -0.2) is 23.4 Å². The highest BCUT2D eigenvalue weighted by molar-refractivity contribution is 5.76. The normalized spacial score (nSPS) is 11.9. The van der Waals surface area contributed by atoms with Gasteiger partial charge in [0.25, 0.3) is 5.69 Å². The summed E-state index contributed by atoms with van der Waals surface area (Å²) in [4.78, 5) is 21.8. The third kappa shape index (κ3) is 5.48. The predicted molar refractivity (Wildman–Crippen MR) is 72.7 cm³/mol. The zero-order chi connectivity index (χ0) is 14.3. The molecule has 0 aliphatic rings. The lowest BCUT2D eigenvalue weighted by Gasteiger charge is -2.12. The van der Waals surface area contributed by atoms with Gasteiger partial charge in [-0.3, -0.25) is 14.9 Å². The average Bonchev–Trinajstić information content (AvgIpc) is 2.37. The minimum atomic E-state index is -0.446. The topological polar surface area (TPSA) is 84.3 Å². The van der Waals surface area contributed by atoms with Crippen molar-refractivity contribution >= 4 is 11.6 Å². The van der Waals surface area contributed by atoms with E-state index < -0.39 is 4.92 Å². The van der Waals surface area contributed by atoms with E-state index in [-0.39, 0.29) is 17.6 Å². The molecule has 0 spiro atoms. The summed E-state index contributed by atoms with van der Waals surface area (Å²) >= 11 is 0. The highest BCUT2D eigenvalue weighted by Gasteiger charge is 2.09. The molecule has 0 fully saturated rings. The van der Waals surface area contributed by atoms with Crippen molar-refractivity contribution in [2.75, 3.05) is 6.54 Å². The molecule has 2 N–H and O–H groups in total. The average molecular weight is 265 g/mol. The minimum Gasteiger partial charge on any atom is -0.352 e. The Balaban J connectivity index is 2.46. The monoisotopic (exact) mass is 265 g/mol. The van der Waals surface area contributed by atoms with Gasteiger partial charge in [0.05, 0.1) is 4.92 Å². The second-order valence-electron chi connectivity index (χ2n) is 4.37. The van der Waals surface area contributed by atoms with Crippen LogP contribution in [0.5, 0.6) is 0 Å². The first-order valence-corrected chi connectivity index (χ1v) is 6.26. The van der Waals surface area contributed by atoms with Crippen molar-refractivity contribution in [3.05, 3.63) is 39.9 Å². The molecule has 0 aliphatic heterocycles. The zero-order valence-electron chi connectivity index (χ0n) is 11.2. The van der Waals surface area contributed by atoms with Crippen LogP contribution >= 0.6 is 0 Å². The molecule has 1 rings (SSSR count). The van der Waals surface area contributed by atoms with Crippen molar-refractivity contribution in [1.29, 1.82) is 0 Å². The summed E-state index contributed by atoms with van der Waals surface area (Å²) in [7, 11) is 0. The van der Waals surface area contributed by atoms with E-state index in [4.69, 9.17) is 0 Å². The number of carbonyl (C=O) groups excluding carboxylic acids is 1. The fourth-order valence-electron chi connectivity index (χ4n) is 1.75. The number of amides is 1. The molecule has 1 unspecified atom stereocenters. The number of hydrogen-bond acceptors (Lipinski definition) is 4. The number of nitrogens with one attached hydrogen (secondary N) is 2. The maximum Gasteiger partial charge on any atom is 0.269 e. The lowest BCUT2D eigenvalue weighted by Crippen LogP contribution is -2.33. The van der Waals surface area contributed by atoms with Crippen molar-refractivity contribution < 1.29 is 9.72 Å². The van der Waals surface area contributed by atoms with Crippen molar-refractivity contribution in [3.8, 4) is 0 Å². The third-order valence-electron chi connectivity index (χ3n) is 2.66. The first-order valence-electron chi connectivity index (χ1n) is 6.26. The van der Waals surface area contributed by atoms with Gasteiger partial charge in [-0.2, -0.15) is 0 Å². The minimum absolute atomic E-state index is 0.0350.